The Labute approximate surface area is 209 Å². The van der Waals surface area contributed by atoms with Gasteiger partial charge in [0.15, 0.2) is 5.82 Å². The Hall–Kier alpha value is -3.34. The van der Waals surface area contributed by atoms with Crippen molar-refractivity contribution in [3.63, 3.8) is 0 Å². The molecule has 1 saturated heterocycles. The third-order valence-corrected chi connectivity index (χ3v) is 6.69. The fraction of sp³-hybridized carbons (Fsp3) is 0.462. The number of ether oxygens (including phenoxy) is 2. The summed E-state index contributed by atoms with van der Waals surface area (Å²) in [5.74, 6) is 1.36. The Balaban J connectivity index is 1.66. The number of hydrogen-bond donors (Lipinski definition) is 1. The van der Waals surface area contributed by atoms with E-state index in [0.717, 1.165) is 47.2 Å². The lowest BCUT2D eigenvalue weighted by molar-refractivity contribution is 0.0541. The summed E-state index contributed by atoms with van der Waals surface area (Å²) >= 11 is 0. The molecule has 0 saturated carbocycles. The number of aryl methyl sites for hydroxylation is 2. The zero-order valence-electron chi connectivity index (χ0n) is 20.9. The minimum atomic E-state index is -0.528. The Morgan fingerprint density at radius 3 is 2.94 bits per heavy atom. The molecule has 0 aliphatic carbocycles. The van der Waals surface area contributed by atoms with E-state index in [-0.39, 0.29) is 11.7 Å². The highest BCUT2D eigenvalue weighted by Crippen LogP contribution is 2.31. The molecule has 0 bridgehead atoms. The summed E-state index contributed by atoms with van der Waals surface area (Å²) in [6.07, 6.45) is 3.69. The molecule has 4 aromatic rings. The first-order valence-corrected chi connectivity index (χ1v) is 12.3. The standard InChI is InChI=1S/C26H32N6O4/c1-17-12-18(2)23-19(13-17)14-22(26(33)27-23)24(25-28-29-30-32(25)8-11-34-3)31(15-20-6-4-9-35-20)16-21-7-5-10-36-21/h4,6,9,12-14,21,24H,5,7-8,10-11,15-16H2,1-3H3,(H,27,33)/t21-,24+/m0/s1. The third kappa shape index (κ3) is 5.11. The van der Waals surface area contributed by atoms with E-state index >= 15 is 0 Å². The molecule has 1 aromatic carbocycles. The zero-order valence-corrected chi connectivity index (χ0v) is 20.9. The maximum absolute atomic E-state index is 13.6. The second kappa shape index (κ2) is 10.7. The van der Waals surface area contributed by atoms with E-state index in [4.69, 9.17) is 13.9 Å². The van der Waals surface area contributed by atoms with Gasteiger partial charge in [0.2, 0.25) is 0 Å². The monoisotopic (exact) mass is 492 g/mol. The van der Waals surface area contributed by atoms with Gasteiger partial charge in [-0.15, -0.1) is 5.10 Å². The van der Waals surface area contributed by atoms with Crippen molar-refractivity contribution in [3.8, 4) is 0 Å². The zero-order chi connectivity index (χ0) is 25.1. The number of hydrogen-bond acceptors (Lipinski definition) is 8. The van der Waals surface area contributed by atoms with Gasteiger partial charge in [0.25, 0.3) is 5.56 Å². The number of furan rings is 1. The van der Waals surface area contributed by atoms with Crippen LogP contribution < -0.4 is 5.56 Å². The van der Waals surface area contributed by atoms with Gasteiger partial charge >= 0.3 is 0 Å². The van der Waals surface area contributed by atoms with Crippen molar-refractivity contribution in [2.24, 2.45) is 0 Å². The number of tetrazole rings is 1. The predicted molar refractivity (Wildman–Crippen MR) is 134 cm³/mol. The van der Waals surface area contributed by atoms with Crippen LogP contribution in [-0.2, 0) is 22.6 Å². The topological polar surface area (TPSA) is 111 Å². The molecule has 0 radical (unpaired) electrons. The quantitative estimate of drug-likeness (QED) is 0.359. The number of pyridine rings is 1. The molecule has 0 spiro atoms. The molecule has 0 amide bonds. The van der Waals surface area contributed by atoms with Crippen molar-refractivity contribution < 1.29 is 13.9 Å². The lowest BCUT2D eigenvalue weighted by atomic mass is 10.00. The summed E-state index contributed by atoms with van der Waals surface area (Å²) in [5, 5.41) is 13.6. The molecule has 4 heterocycles. The van der Waals surface area contributed by atoms with Crippen molar-refractivity contribution in [3.05, 3.63) is 75.2 Å². The van der Waals surface area contributed by atoms with Crippen LogP contribution >= 0.6 is 0 Å². The molecular formula is C26H32N6O4. The molecule has 1 N–H and O–H groups in total. The number of nitrogens with zero attached hydrogens (tertiary/aromatic N) is 5. The number of benzene rings is 1. The molecule has 36 heavy (non-hydrogen) atoms. The smallest absolute Gasteiger partial charge is 0.253 e. The van der Waals surface area contributed by atoms with Gasteiger partial charge in [0.1, 0.15) is 11.8 Å². The highest BCUT2D eigenvalue weighted by atomic mass is 16.5. The van der Waals surface area contributed by atoms with E-state index in [1.54, 1.807) is 18.1 Å². The fourth-order valence-electron chi connectivity index (χ4n) is 5.06. The molecule has 1 aliphatic rings. The predicted octanol–water partition coefficient (Wildman–Crippen LogP) is 3.14. The molecular weight excluding hydrogens is 460 g/mol. The van der Waals surface area contributed by atoms with Gasteiger partial charge in [-0.2, -0.15) is 0 Å². The normalized spacial score (nSPS) is 16.8. The van der Waals surface area contributed by atoms with E-state index in [1.165, 1.54) is 0 Å². The second-order valence-electron chi connectivity index (χ2n) is 9.40. The first-order chi connectivity index (χ1) is 17.5. The Bertz CT molecular complexity index is 1360. The Morgan fingerprint density at radius 2 is 2.19 bits per heavy atom. The van der Waals surface area contributed by atoms with Gasteiger partial charge < -0.3 is 18.9 Å². The van der Waals surface area contributed by atoms with Crippen LogP contribution in [0.25, 0.3) is 10.9 Å². The van der Waals surface area contributed by atoms with Crippen molar-refractivity contribution in [2.75, 3.05) is 26.9 Å². The Morgan fingerprint density at radius 1 is 1.31 bits per heavy atom. The van der Waals surface area contributed by atoms with Crippen LogP contribution in [0.3, 0.4) is 0 Å². The van der Waals surface area contributed by atoms with Crippen molar-refractivity contribution in [2.45, 2.75) is 51.9 Å². The summed E-state index contributed by atoms with van der Waals surface area (Å²) in [7, 11) is 1.64. The van der Waals surface area contributed by atoms with Crippen molar-refractivity contribution >= 4 is 10.9 Å². The Kier molecular flexibility index (Phi) is 7.26. The lowest BCUT2D eigenvalue weighted by Gasteiger charge is -2.32. The molecule has 10 nitrogen and oxygen atoms in total. The van der Waals surface area contributed by atoms with Crippen LogP contribution in [0.2, 0.25) is 0 Å². The van der Waals surface area contributed by atoms with E-state index in [2.05, 4.69) is 44.5 Å². The number of aromatic amines is 1. The minimum Gasteiger partial charge on any atom is -0.468 e. The van der Waals surface area contributed by atoms with Crippen LogP contribution in [0.4, 0.5) is 0 Å². The highest BCUT2D eigenvalue weighted by molar-refractivity contribution is 5.83. The largest absolute Gasteiger partial charge is 0.468 e. The average Bonchev–Trinajstić information content (AvgIpc) is 3.63. The summed E-state index contributed by atoms with van der Waals surface area (Å²) in [4.78, 5) is 18.9. The first-order valence-electron chi connectivity index (χ1n) is 12.3. The van der Waals surface area contributed by atoms with Gasteiger partial charge in [-0.05, 0) is 72.3 Å². The molecule has 1 fully saturated rings. The third-order valence-electron chi connectivity index (χ3n) is 6.69. The summed E-state index contributed by atoms with van der Waals surface area (Å²) < 4.78 is 18.7. The van der Waals surface area contributed by atoms with Crippen molar-refractivity contribution in [1.82, 2.24) is 30.1 Å². The van der Waals surface area contributed by atoms with Gasteiger partial charge in [-0.25, -0.2) is 4.68 Å². The van der Waals surface area contributed by atoms with E-state index in [1.807, 2.05) is 25.1 Å². The lowest BCUT2D eigenvalue weighted by Crippen LogP contribution is -2.39. The minimum absolute atomic E-state index is 0.0507. The number of H-pyrrole nitrogens is 1. The molecule has 3 aromatic heterocycles. The molecule has 0 unspecified atom stereocenters. The number of rotatable bonds is 10. The van der Waals surface area contributed by atoms with Crippen LogP contribution in [0.15, 0.2) is 45.8 Å². The maximum atomic E-state index is 13.6. The molecule has 1 aliphatic heterocycles. The number of nitrogens with one attached hydrogen (secondary N) is 1. The molecule has 190 valence electrons. The summed E-state index contributed by atoms with van der Waals surface area (Å²) in [5.41, 5.74) is 3.40. The van der Waals surface area contributed by atoms with Gasteiger partial charge in [0, 0.05) is 25.8 Å². The fourth-order valence-corrected chi connectivity index (χ4v) is 5.06. The maximum Gasteiger partial charge on any atom is 0.253 e. The number of aromatic nitrogens is 5. The van der Waals surface area contributed by atoms with Crippen molar-refractivity contribution in [1.29, 1.82) is 0 Å². The number of fused-ring (bicyclic) bond motifs is 1. The van der Waals surface area contributed by atoms with Gasteiger partial charge in [-0.3, -0.25) is 9.69 Å². The second-order valence-corrected chi connectivity index (χ2v) is 9.40. The summed E-state index contributed by atoms with van der Waals surface area (Å²) in [6.45, 7) is 6.79. The van der Waals surface area contributed by atoms with E-state index < -0.39 is 6.04 Å². The number of methoxy groups -OCH3 is 1. The highest BCUT2D eigenvalue weighted by Gasteiger charge is 2.33. The SMILES string of the molecule is COCCn1nnnc1[C@@H](c1cc2cc(C)cc(C)c2[nH]c1=O)N(Cc1ccco1)C[C@@H]1CCCO1. The van der Waals surface area contributed by atoms with Crippen LogP contribution in [0.1, 0.15) is 47.2 Å². The van der Waals surface area contributed by atoms with E-state index in [9.17, 15) is 4.79 Å². The van der Waals surface area contributed by atoms with Gasteiger partial charge in [0.05, 0.1) is 37.6 Å². The average molecular weight is 493 g/mol. The van der Waals surface area contributed by atoms with Gasteiger partial charge in [-0.1, -0.05) is 11.6 Å². The van der Waals surface area contributed by atoms with E-state index in [0.29, 0.717) is 37.6 Å². The molecule has 2 atom stereocenters. The van der Waals surface area contributed by atoms with Crippen LogP contribution in [-0.4, -0.2) is 63.1 Å². The van der Waals surface area contributed by atoms with Crippen LogP contribution in [0.5, 0.6) is 0 Å². The first kappa shape index (κ1) is 24.4. The summed E-state index contributed by atoms with van der Waals surface area (Å²) in [6, 6.07) is 9.40. The molecule has 10 heteroatoms. The molecule has 5 rings (SSSR count). The van der Waals surface area contributed by atoms with Crippen LogP contribution in [0, 0.1) is 13.8 Å².